The van der Waals surface area contributed by atoms with Crippen molar-refractivity contribution in [1.82, 2.24) is 4.90 Å². The third-order valence-electron chi connectivity index (χ3n) is 11.5. The standard InChI is InChI=1S/C45H75NO4/c1-4-7-9-10-11-12-13-14-15-16-17-18-19-23-39-34-40(36-41(35-39)50-37-38(6-3)22-8-5-2)24-21-33-49-45(48)25-20-29-46-30-26-42-43(27-31-46)44(42)28-32-47/h34-36,38,42-44,47H,4-20,22-23,25-33,37H2,1-3H3. The Labute approximate surface area is 308 Å². The molecule has 1 saturated carbocycles. The third-order valence-corrected chi connectivity index (χ3v) is 11.5. The normalized spacial score (nSPS) is 19.2. The summed E-state index contributed by atoms with van der Waals surface area (Å²) in [4.78, 5) is 15.0. The van der Waals surface area contributed by atoms with E-state index in [9.17, 15) is 9.90 Å². The summed E-state index contributed by atoms with van der Waals surface area (Å²) in [6, 6.07) is 6.48. The molecule has 1 aliphatic carbocycles. The van der Waals surface area contributed by atoms with Crippen molar-refractivity contribution in [3.05, 3.63) is 29.3 Å². The molecule has 3 rings (SSSR count). The van der Waals surface area contributed by atoms with E-state index in [2.05, 4.69) is 55.7 Å². The Hall–Kier alpha value is -2.03. The second kappa shape index (κ2) is 26.7. The molecule has 0 bridgehead atoms. The van der Waals surface area contributed by atoms with E-state index < -0.39 is 0 Å². The monoisotopic (exact) mass is 694 g/mol. The summed E-state index contributed by atoms with van der Waals surface area (Å²) in [5, 5.41) is 9.26. The predicted octanol–water partition coefficient (Wildman–Crippen LogP) is 10.9. The predicted molar refractivity (Wildman–Crippen MR) is 210 cm³/mol. The quantitative estimate of drug-likeness (QED) is 0.0538. The third kappa shape index (κ3) is 17.9. The van der Waals surface area contributed by atoms with Crippen LogP contribution < -0.4 is 4.74 Å². The first kappa shape index (κ1) is 42.4. The highest BCUT2D eigenvalue weighted by molar-refractivity contribution is 5.69. The van der Waals surface area contributed by atoms with E-state index in [0.29, 0.717) is 18.9 Å². The maximum absolute atomic E-state index is 12.4. The second-order valence-corrected chi connectivity index (χ2v) is 15.6. The number of aliphatic hydroxyl groups is 1. The van der Waals surface area contributed by atoms with Crippen LogP contribution in [0.5, 0.6) is 5.75 Å². The van der Waals surface area contributed by atoms with Gasteiger partial charge in [0.05, 0.1) is 6.61 Å². The van der Waals surface area contributed by atoms with Gasteiger partial charge in [0.1, 0.15) is 5.75 Å². The molecule has 5 nitrogen and oxygen atoms in total. The van der Waals surface area contributed by atoms with E-state index in [4.69, 9.17) is 9.47 Å². The number of ether oxygens (including phenoxy) is 2. The lowest BCUT2D eigenvalue weighted by Crippen LogP contribution is -2.27. The molecule has 0 aromatic heterocycles. The molecule has 50 heavy (non-hydrogen) atoms. The number of aryl methyl sites for hydroxylation is 1. The molecule has 0 radical (unpaired) electrons. The molecule has 0 spiro atoms. The maximum Gasteiger partial charge on any atom is 0.306 e. The van der Waals surface area contributed by atoms with Gasteiger partial charge in [0.2, 0.25) is 0 Å². The fourth-order valence-electron chi connectivity index (χ4n) is 8.15. The molecule has 3 unspecified atom stereocenters. The SMILES string of the molecule is CCCCCCCCCCCCCCCc1cc(C#CCOC(=O)CCCN2CCC3C(CCO)C3CC2)cc(OCC(CC)CCCC)c1. The smallest absolute Gasteiger partial charge is 0.306 e. The lowest BCUT2D eigenvalue weighted by molar-refractivity contribution is -0.142. The number of esters is 1. The van der Waals surface area contributed by atoms with Crippen LogP contribution in [0.25, 0.3) is 0 Å². The van der Waals surface area contributed by atoms with E-state index in [0.717, 1.165) is 81.0 Å². The summed E-state index contributed by atoms with van der Waals surface area (Å²) in [6.45, 7) is 11.2. The Balaban J connectivity index is 1.37. The molecular weight excluding hydrogens is 618 g/mol. The molecule has 1 aromatic carbocycles. The van der Waals surface area contributed by atoms with Gasteiger partial charge in [-0.3, -0.25) is 4.79 Å². The van der Waals surface area contributed by atoms with Gasteiger partial charge in [0, 0.05) is 18.6 Å². The van der Waals surface area contributed by atoms with Crippen molar-refractivity contribution >= 4 is 5.97 Å². The van der Waals surface area contributed by atoms with Gasteiger partial charge in [-0.2, -0.15) is 0 Å². The van der Waals surface area contributed by atoms with Gasteiger partial charge < -0.3 is 19.5 Å². The second-order valence-electron chi connectivity index (χ2n) is 15.6. The van der Waals surface area contributed by atoms with Gasteiger partial charge >= 0.3 is 5.97 Å². The number of benzene rings is 1. The number of likely N-dealkylation sites (tertiary alicyclic amines) is 1. The molecule has 5 heteroatoms. The van der Waals surface area contributed by atoms with E-state index in [1.54, 1.807) is 0 Å². The molecule has 1 aliphatic heterocycles. The number of carbonyl (C=O) groups is 1. The molecule has 1 N–H and O–H groups in total. The summed E-state index contributed by atoms with van der Waals surface area (Å²) >= 11 is 0. The average molecular weight is 694 g/mol. The van der Waals surface area contributed by atoms with Gasteiger partial charge in [-0.1, -0.05) is 129 Å². The number of hydrogen-bond donors (Lipinski definition) is 1. The van der Waals surface area contributed by atoms with Crippen LogP contribution in [0, 0.1) is 35.5 Å². The first-order chi connectivity index (χ1) is 24.6. The molecule has 1 heterocycles. The zero-order valence-electron chi connectivity index (χ0n) is 32.7. The molecule has 284 valence electrons. The van der Waals surface area contributed by atoms with Crippen LogP contribution in [0.2, 0.25) is 0 Å². The minimum absolute atomic E-state index is 0.131. The van der Waals surface area contributed by atoms with Crippen molar-refractivity contribution < 1.29 is 19.4 Å². The minimum atomic E-state index is -0.155. The highest BCUT2D eigenvalue weighted by atomic mass is 16.5. The molecule has 0 amide bonds. The number of nitrogens with zero attached hydrogens (tertiary/aromatic N) is 1. The highest BCUT2D eigenvalue weighted by Crippen LogP contribution is 2.53. The van der Waals surface area contributed by atoms with Crippen LogP contribution in [0.1, 0.15) is 173 Å². The Bertz CT molecular complexity index is 1080. The molecular formula is C45H75NO4. The summed E-state index contributed by atoms with van der Waals surface area (Å²) in [7, 11) is 0. The lowest BCUT2D eigenvalue weighted by Gasteiger charge is -2.20. The maximum atomic E-state index is 12.4. The van der Waals surface area contributed by atoms with Crippen molar-refractivity contribution in [1.29, 1.82) is 0 Å². The van der Waals surface area contributed by atoms with E-state index in [-0.39, 0.29) is 12.6 Å². The number of unbranched alkanes of at least 4 members (excludes halogenated alkanes) is 13. The molecule has 3 atom stereocenters. The summed E-state index contributed by atoms with van der Waals surface area (Å²) in [6.07, 6.45) is 28.4. The molecule has 2 aliphatic rings. The summed E-state index contributed by atoms with van der Waals surface area (Å²) in [5.41, 5.74) is 2.24. The number of carbonyl (C=O) groups excluding carboxylic acids is 1. The molecule has 2 fully saturated rings. The van der Waals surface area contributed by atoms with Crippen LogP contribution in [-0.2, 0) is 16.0 Å². The van der Waals surface area contributed by atoms with Crippen molar-refractivity contribution in [2.24, 2.45) is 23.7 Å². The van der Waals surface area contributed by atoms with Crippen LogP contribution in [-0.4, -0.2) is 55.4 Å². The van der Waals surface area contributed by atoms with E-state index >= 15 is 0 Å². The first-order valence-corrected chi connectivity index (χ1v) is 21.3. The van der Waals surface area contributed by atoms with Gasteiger partial charge in [-0.25, -0.2) is 0 Å². The minimum Gasteiger partial charge on any atom is -0.493 e. The highest BCUT2D eigenvalue weighted by Gasteiger charge is 2.49. The summed E-state index contributed by atoms with van der Waals surface area (Å²) in [5.74, 6) is 10.1. The van der Waals surface area contributed by atoms with Gasteiger partial charge in [0.15, 0.2) is 6.61 Å². The van der Waals surface area contributed by atoms with Crippen LogP contribution >= 0.6 is 0 Å². The molecule has 1 saturated heterocycles. The van der Waals surface area contributed by atoms with Crippen LogP contribution in [0.4, 0.5) is 0 Å². The van der Waals surface area contributed by atoms with Crippen LogP contribution in [0.3, 0.4) is 0 Å². The van der Waals surface area contributed by atoms with Crippen molar-refractivity contribution in [2.45, 2.75) is 168 Å². The van der Waals surface area contributed by atoms with Gasteiger partial charge in [0.25, 0.3) is 0 Å². The van der Waals surface area contributed by atoms with Crippen molar-refractivity contribution in [3.63, 3.8) is 0 Å². The van der Waals surface area contributed by atoms with Crippen LogP contribution in [0.15, 0.2) is 18.2 Å². The van der Waals surface area contributed by atoms with Crippen molar-refractivity contribution in [3.8, 4) is 17.6 Å². The summed E-state index contributed by atoms with van der Waals surface area (Å²) < 4.78 is 11.9. The number of hydrogen-bond acceptors (Lipinski definition) is 5. The average Bonchev–Trinajstić information content (AvgIpc) is 3.84. The fraction of sp³-hybridized carbons (Fsp3) is 0.800. The largest absolute Gasteiger partial charge is 0.493 e. The van der Waals surface area contributed by atoms with E-state index in [1.165, 1.54) is 121 Å². The Morgan fingerprint density at radius 2 is 1.48 bits per heavy atom. The Kier molecular flexibility index (Phi) is 22.6. The number of rotatable bonds is 28. The van der Waals surface area contributed by atoms with Gasteiger partial charge in [-0.15, -0.1) is 0 Å². The Morgan fingerprint density at radius 3 is 2.10 bits per heavy atom. The lowest BCUT2D eigenvalue weighted by atomic mass is 10.0. The first-order valence-electron chi connectivity index (χ1n) is 21.3. The van der Waals surface area contributed by atoms with Crippen molar-refractivity contribution in [2.75, 3.05) is 39.5 Å². The zero-order valence-corrected chi connectivity index (χ0v) is 32.7. The fourth-order valence-corrected chi connectivity index (χ4v) is 8.15. The molecule has 1 aromatic rings. The van der Waals surface area contributed by atoms with Gasteiger partial charge in [-0.05, 0) is 112 Å². The number of aliphatic hydroxyl groups excluding tert-OH is 1. The zero-order chi connectivity index (χ0) is 35.7. The number of fused-ring (bicyclic) bond motifs is 1. The Morgan fingerprint density at radius 1 is 0.840 bits per heavy atom. The van der Waals surface area contributed by atoms with E-state index in [1.807, 2.05) is 0 Å². The topological polar surface area (TPSA) is 59.0 Å².